The number of para-hydroxylation sites is 4. The first-order valence-electron chi connectivity index (χ1n) is 15.7. The molecule has 0 unspecified atom stereocenters. The fraction of sp³-hybridized carbons (Fsp3) is 0. The van der Waals surface area contributed by atoms with E-state index >= 15 is 0 Å². The van der Waals surface area contributed by atoms with E-state index in [4.69, 9.17) is 23.2 Å². The standard InChI is InChI=1S/C42H25Cl2N3/c43-26-21-27(44)23-30(22-26)47-41-19-17-28(45-37-13-5-1-9-31(37)32-10-2-6-14-38(32)45)24-35(41)36-25-29(18-20-42(36)47)46-39-15-7-3-11-33(39)34-12-4-8-16-40(34)46/h1-25H. The average Bonchev–Trinajstić information content (AvgIpc) is 3.73. The molecule has 0 aliphatic rings. The van der Waals surface area contributed by atoms with Crippen LogP contribution < -0.4 is 0 Å². The Morgan fingerprint density at radius 1 is 0.277 bits per heavy atom. The van der Waals surface area contributed by atoms with Gasteiger partial charge in [0.2, 0.25) is 0 Å². The molecule has 0 aliphatic heterocycles. The van der Waals surface area contributed by atoms with E-state index in [1.807, 2.05) is 12.1 Å². The summed E-state index contributed by atoms with van der Waals surface area (Å²) in [5.41, 5.74) is 10.1. The van der Waals surface area contributed by atoms with E-state index in [0.717, 1.165) is 38.9 Å². The van der Waals surface area contributed by atoms with E-state index in [-0.39, 0.29) is 0 Å². The second kappa shape index (κ2) is 10.0. The Morgan fingerprint density at radius 2 is 0.596 bits per heavy atom. The summed E-state index contributed by atoms with van der Waals surface area (Å²) in [6, 6.07) is 53.8. The lowest BCUT2D eigenvalue weighted by Crippen LogP contribution is -1.96. The maximum Gasteiger partial charge on any atom is 0.0542 e. The molecule has 222 valence electrons. The van der Waals surface area contributed by atoms with Gasteiger partial charge in [0.05, 0.1) is 33.1 Å². The van der Waals surface area contributed by atoms with Crippen molar-refractivity contribution >= 4 is 88.6 Å². The quantitative estimate of drug-likeness (QED) is 0.182. The van der Waals surface area contributed by atoms with Crippen LogP contribution in [-0.2, 0) is 0 Å². The number of rotatable bonds is 3. The summed E-state index contributed by atoms with van der Waals surface area (Å²) in [5.74, 6) is 0. The van der Waals surface area contributed by atoms with Crippen LogP contribution in [-0.4, -0.2) is 13.7 Å². The van der Waals surface area contributed by atoms with Crippen molar-refractivity contribution in [3.8, 4) is 17.1 Å². The fourth-order valence-corrected chi connectivity index (χ4v) is 8.14. The van der Waals surface area contributed by atoms with Gasteiger partial charge >= 0.3 is 0 Å². The predicted molar refractivity (Wildman–Crippen MR) is 199 cm³/mol. The normalized spacial score (nSPS) is 12.0. The van der Waals surface area contributed by atoms with Gasteiger partial charge in [-0.25, -0.2) is 0 Å². The molecule has 47 heavy (non-hydrogen) atoms. The van der Waals surface area contributed by atoms with E-state index in [0.29, 0.717) is 10.0 Å². The van der Waals surface area contributed by atoms with Gasteiger partial charge in [-0.1, -0.05) is 96.0 Å². The number of benzene rings is 7. The summed E-state index contributed by atoms with van der Waals surface area (Å²) in [6.45, 7) is 0. The maximum absolute atomic E-state index is 6.57. The van der Waals surface area contributed by atoms with Gasteiger partial charge in [-0.2, -0.15) is 0 Å². The molecule has 0 saturated heterocycles. The number of nitrogens with zero attached hydrogens (tertiary/aromatic N) is 3. The van der Waals surface area contributed by atoms with Gasteiger partial charge in [-0.3, -0.25) is 0 Å². The topological polar surface area (TPSA) is 14.8 Å². The molecule has 0 radical (unpaired) electrons. The predicted octanol–water partition coefficient (Wildman–Crippen LogP) is 12.3. The maximum atomic E-state index is 6.57. The molecule has 3 nitrogen and oxygen atoms in total. The molecule has 0 aliphatic carbocycles. The summed E-state index contributed by atoms with van der Waals surface area (Å²) in [4.78, 5) is 0. The summed E-state index contributed by atoms with van der Waals surface area (Å²) in [6.07, 6.45) is 0. The molecule has 0 atom stereocenters. The number of hydrogen-bond acceptors (Lipinski definition) is 0. The minimum atomic E-state index is 0.603. The first-order chi connectivity index (χ1) is 23.1. The zero-order valence-electron chi connectivity index (χ0n) is 25.0. The van der Waals surface area contributed by atoms with Crippen LogP contribution in [0.1, 0.15) is 0 Å². The van der Waals surface area contributed by atoms with Crippen LogP contribution in [0.2, 0.25) is 10.0 Å². The van der Waals surface area contributed by atoms with Crippen molar-refractivity contribution in [2.24, 2.45) is 0 Å². The van der Waals surface area contributed by atoms with Crippen LogP contribution in [0.4, 0.5) is 0 Å². The summed E-state index contributed by atoms with van der Waals surface area (Å²) in [5, 5.41) is 8.48. The third-order valence-electron chi connectivity index (χ3n) is 9.51. The summed E-state index contributed by atoms with van der Waals surface area (Å²) in [7, 11) is 0. The molecule has 10 rings (SSSR count). The van der Waals surface area contributed by atoms with Crippen molar-refractivity contribution < 1.29 is 0 Å². The van der Waals surface area contributed by atoms with Gasteiger partial charge in [0, 0.05) is 59.4 Å². The zero-order chi connectivity index (χ0) is 31.2. The van der Waals surface area contributed by atoms with Crippen molar-refractivity contribution in [1.29, 1.82) is 0 Å². The molecule has 7 aromatic carbocycles. The van der Waals surface area contributed by atoms with Crippen molar-refractivity contribution in [2.45, 2.75) is 0 Å². The van der Waals surface area contributed by atoms with Crippen molar-refractivity contribution in [3.63, 3.8) is 0 Å². The minimum absolute atomic E-state index is 0.603. The van der Waals surface area contributed by atoms with E-state index in [2.05, 4.69) is 147 Å². The molecule has 0 spiro atoms. The number of halogens is 2. The van der Waals surface area contributed by atoms with Crippen molar-refractivity contribution in [2.75, 3.05) is 0 Å². The highest BCUT2D eigenvalue weighted by molar-refractivity contribution is 6.35. The highest BCUT2D eigenvalue weighted by Gasteiger charge is 2.19. The first-order valence-corrected chi connectivity index (χ1v) is 16.4. The molecule has 0 amide bonds. The Bertz CT molecular complexity index is 2590. The Morgan fingerprint density at radius 3 is 0.979 bits per heavy atom. The summed E-state index contributed by atoms with van der Waals surface area (Å²) < 4.78 is 7.02. The second-order valence-corrected chi connectivity index (χ2v) is 13.0. The monoisotopic (exact) mass is 641 g/mol. The fourth-order valence-electron chi connectivity index (χ4n) is 7.63. The van der Waals surface area contributed by atoms with Crippen molar-refractivity contribution in [3.05, 3.63) is 162 Å². The van der Waals surface area contributed by atoms with Gasteiger partial charge in [0.1, 0.15) is 0 Å². The Balaban J connectivity index is 1.31. The van der Waals surface area contributed by atoms with Gasteiger partial charge in [0.15, 0.2) is 0 Å². The summed E-state index contributed by atoms with van der Waals surface area (Å²) >= 11 is 13.1. The van der Waals surface area contributed by atoms with E-state index < -0.39 is 0 Å². The van der Waals surface area contributed by atoms with Gasteiger partial charge in [-0.15, -0.1) is 0 Å². The third-order valence-corrected chi connectivity index (χ3v) is 9.95. The molecule has 0 saturated carbocycles. The lowest BCUT2D eigenvalue weighted by atomic mass is 10.1. The molecule has 0 fully saturated rings. The Labute approximate surface area is 280 Å². The second-order valence-electron chi connectivity index (χ2n) is 12.1. The molecular weight excluding hydrogens is 617 g/mol. The van der Waals surface area contributed by atoms with E-state index in [1.54, 1.807) is 6.07 Å². The van der Waals surface area contributed by atoms with Crippen LogP contribution in [0.5, 0.6) is 0 Å². The van der Waals surface area contributed by atoms with Crippen LogP contribution in [0.15, 0.2) is 152 Å². The third kappa shape index (κ3) is 3.88. The molecule has 10 aromatic rings. The molecule has 3 aromatic heterocycles. The number of hydrogen-bond donors (Lipinski definition) is 0. The SMILES string of the molecule is Clc1cc(Cl)cc(-n2c3ccc(-n4c5ccccc5c5ccccc54)cc3c3cc(-n4c5ccccc5c5ccccc54)ccc32)c1. The first kappa shape index (κ1) is 26.7. The van der Waals surface area contributed by atoms with Crippen LogP contribution >= 0.6 is 23.2 Å². The number of fused-ring (bicyclic) bond motifs is 9. The molecule has 0 bridgehead atoms. The van der Waals surface area contributed by atoms with Crippen LogP contribution in [0.25, 0.3) is 82.5 Å². The lowest BCUT2D eigenvalue weighted by molar-refractivity contribution is 1.16. The molecule has 3 heterocycles. The lowest BCUT2D eigenvalue weighted by Gasteiger charge is -2.11. The van der Waals surface area contributed by atoms with Crippen molar-refractivity contribution in [1.82, 2.24) is 13.7 Å². The minimum Gasteiger partial charge on any atom is -0.309 e. The van der Waals surface area contributed by atoms with Gasteiger partial charge in [-0.05, 0) is 78.9 Å². The highest BCUT2D eigenvalue weighted by atomic mass is 35.5. The average molecular weight is 643 g/mol. The Hall–Kier alpha value is -5.48. The van der Waals surface area contributed by atoms with Crippen LogP contribution in [0, 0.1) is 0 Å². The Kier molecular flexibility index (Phi) is 5.69. The van der Waals surface area contributed by atoms with Crippen LogP contribution in [0.3, 0.4) is 0 Å². The molecule has 5 heteroatoms. The zero-order valence-corrected chi connectivity index (χ0v) is 26.5. The molecular formula is C42H25Cl2N3. The largest absolute Gasteiger partial charge is 0.309 e. The smallest absolute Gasteiger partial charge is 0.0542 e. The number of aromatic nitrogens is 3. The van der Waals surface area contributed by atoms with Gasteiger partial charge in [0.25, 0.3) is 0 Å². The molecule has 0 N–H and O–H groups in total. The van der Waals surface area contributed by atoms with E-state index in [9.17, 15) is 0 Å². The van der Waals surface area contributed by atoms with Gasteiger partial charge < -0.3 is 13.7 Å². The van der Waals surface area contributed by atoms with E-state index in [1.165, 1.54) is 43.6 Å². The highest BCUT2D eigenvalue weighted by Crippen LogP contribution is 2.40.